The average molecular weight is 713 g/mol. The van der Waals surface area contributed by atoms with Crippen molar-refractivity contribution >= 4 is 0 Å². The summed E-state index contributed by atoms with van der Waals surface area (Å²) < 4.78 is 18.3. The Bertz CT molecular complexity index is 1920. The van der Waals surface area contributed by atoms with Crippen LogP contribution in [0.2, 0.25) is 0 Å². The Balaban J connectivity index is 1.40. The second-order valence-electron chi connectivity index (χ2n) is 15.0. The molecule has 0 saturated heterocycles. The third kappa shape index (κ3) is 13.9. The zero-order chi connectivity index (χ0) is 38.2. The number of methoxy groups -OCH3 is 1. The van der Waals surface area contributed by atoms with Crippen molar-refractivity contribution in [2.75, 3.05) is 7.11 Å². The van der Waals surface area contributed by atoms with Gasteiger partial charge in [0.2, 0.25) is 0 Å². The summed E-state index contributed by atoms with van der Waals surface area (Å²) in [6.45, 7) is 4.57. The van der Waals surface area contributed by atoms with Crippen molar-refractivity contribution < 1.29 is 14.2 Å². The van der Waals surface area contributed by atoms with E-state index in [0.717, 1.165) is 50.9 Å². The Morgan fingerprint density at radius 3 is 1.52 bits per heavy atom. The van der Waals surface area contributed by atoms with Crippen LogP contribution in [-0.4, -0.2) is 25.4 Å². The summed E-state index contributed by atoms with van der Waals surface area (Å²) in [7, 11) is 1.89. The number of hydrogen-bond acceptors (Lipinski definition) is 3. The minimum atomic E-state index is 0.123. The van der Waals surface area contributed by atoms with E-state index in [1.54, 1.807) is 0 Å². The predicted molar refractivity (Wildman–Crippen MR) is 218 cm³/mol. The van der Waals surface area contributed by atoms with Crippen molar-refractivity contribution in [3.05, 3.63) is 24.3 Å². The summed E-state index contributed by atoms with van der Waals surface area (Å²) in [5, 5.41) is 0. The van der Waals surface area contributed by atoms with Gasteiger partial charge in [-0.25, -0.2) is 0 Å². The van der Waals surface area contributed by atoms with Gasteiger partial charge < -0.3 is 14.2 Å². The number of hydrogen-bond donors (Lipinski definition) is 0. The van der Waals surface area contributed by atoms with Crippen LogP contribution in [0, 0.1) is 167 Å². The first-order valence-corrected chi connectivity index (χ1v) is 19.6. The SMILES string of the molecule is C#CC#CC#CC#CC#COC1CCCC(C2CC(C)CCC2/C=C/C2CC(C3CCCC(OC#CC#CC#CC#CC#C)C3)C(/C=C/C)CC2OC)C1. The molecule has 4 rings (SSSR count). The van der Waals surface area contributed by atoms with E-state index in [1.807, 2.05) is 7.11 Å². The van der Waals surface area contributed by atoms with Crippen molar-refractivity contribution in [3.8, 4) is 120 Å². The van der Waals surface area contributed by atoms with Gasteiger partial charge in [-0.1, -0.05) is 37.6 Å². The smallest absolute Gasteiger partial charge is 0.125 e. The van der Waals surface area contributed by atoms with Crippen LogP contribution in [-0.2, 0) is 14.2 Å². The Labute approximate surface area is 327 Å². The third-order valence-corrected chi connectivity index (χ3v) is 11.6. The lowest BCUT2D eigenvalue weighted by Gasteiger charge is -2.45. The molecule has 4 saturated carbocycles. The van der Waals surface area contributed by atoms with Crippen LogP contribution in [0.1, 0.15) is 97.3 Å². The van der Waals surface area contributed by atoms with Crippen molar-refractivity contribution in [2.45, 2.75) is 116 Å². The van der Waals surface area contributed by atoms with Crippen LogP contribution in [0.15, 0.2) is 24.3 Å². The molecule has 11 unspecified atom stereocenters. The summed E-state index contributed by atoms with van der Waals surface area (Å²) in [6.07, 6.45) is 41.1. The second kappa shape index (κ2) is 24.1. The van der Waals surface area contributed by atoms with Gasteiger partial charge in [0.1, 0.15) is 24.4 Å². The van der Waals surface area contributed by atoms with Gasteiger partial charge in [-0.15, -0.1) is 12.8 Å². The molecule has 11 atom stereocenters. The minimum absolute atomic E-state index is 0.123. The molecule has 4 aliphatic carbocycles. The molecular weight excluding hydrogens is 661 g/mol. The van der Waals surface area contributed by atoms with E-state index < -0.39 is 0 Å². The van der Waals surface area contributed by atoms with Gasteiger partial charge in [0.15, 0.2) is 0 Å². The summed E-state index contributed by atoms with van der Waals surface area (Å²) >= 11 is 0. The molecule has 54 heavy (non-hydrogen) atoms. The van der Waals surface area contributed by atoms with Crippen LogP contribution >= 0.6 is 0 Å². The topological polar surface area (TPSA) is 27.7 Å². The Kier molecular flexibility index (Phi) is 18.4. The summed E-state index contributed by atoms with van der Waals surface area (Å²) in [5.41, 5.74) is 0. The van der Waals surface area contributed by atoms with Crippen LogP contribution in [0.5, 0.6) is 0 Å². The molecule has 0 bridgehead atoms. The van der Waals surface area contributed by atoms with Gasteiger partial charge in [0, 0.05) is 60.4 Å². The van der Waals surface area contributed by atoms with Gasteiger partial charge in [-0.2, -0.15) is 0 Å². The minimum Gasteiger partial charge on any atom is -0.443 e. The Hall–Kier alpha value is -5.36. The van der Waals surface area contributed by atoms with Crippen molar-refractivity contribution in [3.63, 3.8) is 0 Å². The fourth-order valence-electron chi connectivity index (χ4n) is 9.27. The zero-order valence-electron chi connectivity index (χ0n) is 32.2. The van der Waals surface area contributed by atoms with Gasteiger partial charge in [0.05, 0.1) is 6.10 Å². The molecule has 3 nitrogen and oxygen atoms in total. The van der Waals surface area contributed by atoms with E-state index in [4.69, 9.17) is 27.1 Å². The maximum atomic E-state index is 6.22. The first-order valence-electron chi connectivity index (χ1n) is 19.6. The van der Waals surface area contributed by atoms with E-state index in [-0.39, 0.29) is 18.3 Å². The van der Waals surface area contributed by atoms with Crippen molar-refractivity contribution in [2.24, 2.45) is 47.3 Å². The van der Waals surface area contributed by atoms with Gasteiger partial charge in [-0.3, -0.25) is 0 Å². The monoisotopic (exact) mass is 712 g/mol. The molecule has 0 N–H and O–H groups in total. The standard InChI is InChI=1S/C51H52O3/c1-6-9-11-13-15-17-19-21-34-53-47-28-23-26-44(37-47)49-36-41(4)30-31-42(49)32-33-46-39-50(43(25-8-3)40-51(46)52-5)45-27-24-29-48(38-45)54-35-22-20-18-16-14-12-10-7-2/h1-2,8,25,32-33,41-51H,23-24,26-31,36-40H2,3-5H3/b25-8+,33-32+. The van der Waals surface area contributed by atoms with E-state index in [9.17, 15) is 0 Å². The normalized spacial score (nSPS) is 31.0. The second-order valence-corrected chi connectivity index (χ2v) is 15.0. The summed E-state index contributed by atoms with van der Waals surface area (Å²) in [6, 6.07) is 0. The number of rotatable bonds is 8. The molecular formula is C51H52O3. The number of allylic oxidation sites excluding steroid dienone is 3. The Morgan fingerprint density at radius 2 is 1.00 bits per heavy atom. The van der Waals surface area contributed by atoms with Crippen LogP contribution < -0.4 is 0 Å². The number of terminal acetylenes is 2. The molecule has 274 valence electrons. The van der Waals surface area contributed by atoms with E-state index in [2.05, 4.69) is 145 Å². The quantitative estimate of drug-likeness (QED) is 0.188. The maximum absolute atomic E-state index is 6.22. The molecule has 0 aliphatic heterocycles. The first kappa shape index (κ1) is 41.4. The van der Waals surface area contributed by atoms with Crippen molar-refractivity contribution in [1.29, 1.82) is 0 Å². The lowest BCUT2D eigenvalue weighted by molar-refractivity contribution is -0.0184. The van der Waals surface area contributed by atoms with Crippen LogP contribution in [0.25, 0.3) is 0 Å². The molecule has 4 aliphatic rings. The molecule has 0 aromatic heterocycles. The van der Waals surface area contributed by atoms with Gasteiger partial charge in [0.25, 0.3) is 0 Å². The molecule has 0 spiro atoms. The molecule has 0 radical (unpaired) electrons. The molecule has 0 aromatic carbocycles. The lowest BCUT2D eigenvalue weighted by Crippen LogP contribution is -2.40. The molecule has 3 heteroatoms. The molecule has 0 amide bonds. The van der Waals surface area contributed by atoms with E-state index in [1.165, 1.54) is 38.5 Å². The van der Waals surface area contributed by atoms with E-state index >= 15 is 0 Å². The zero-order valence-corrected chi connectivity index (χ0v) is 32.2. The number of ether oxygens (including phenoxy) is 3. The maximum Gasteiger partial charge on any atom is 0.125 e. The fourth-order valence-corrected chi connectivity index (χ4v) is 9.27. The van der Waals surface area contributed by atoms with Crippen LogP contribution in [0.3, 0.4) is 0 Å². The van der Waals surface area contributed by atoms with Gasteiger partial charge in [-0.05, 0) is 173 Å². The van der Waals surface area contributed by atoms with E-state index in [0.29, 0.717) is 41.4 Å². The predicted octanol–water partition coefficient (Wildman–Crippen LogP) is 8.19. The highest BCUT2D eigenvalue weighted by atomic mass is 16.5. The molecule has 0 aromatic rings. The average Bonchev–Trinajstić information content (AvgIpc) is 3.19. The largest absolute Gasteiger partial charge is 0.443 e. The first-order chi connectivity index (χ1) is 26.6. The third-order valence-electron chi connectivity index (χ3n) is 11.6. The summed E-state index contributed by atoms with van der Waals surface area (Å²) in [4.78, 5) is 0. The van der Waals surface area contributed by atoms with Gasteiger partial charge >= 0.3 is 0 Å². The highest BCUT2D eigenvalue weighted by Gasteiger charge is 2.41. The fraction of sp³-hybridized carbons (Fsp3) is 0.529. The Morgan fingerprint density at radius 1 is 0.500 bits per heavy atom. The molecule has 0 heterocycles. The van der Waals surface area contributed by atoms with Crippen molar-refractivity contribution in [1.82, 2.24) is 0 Å². The van der Waals surface area contributed by atoms with Crippen LogP contribution in [0.4, 0.5) is 0 Å². The summed E-state index contributed by atoms with van der Waals surface area (Å²) in [5.74, 6) is 45.8. The highest BCUT2D eigenvalue weighted by molar-refractivity contribution is 5.42. The highest BCUT2D eigenvalue weighted by Crippen LogP contribution is 2.48. The lowest BCUT2D eigenvalue weighted by atomic mass is 9.63. The molecule has 4 fully saturated rings.